The molecular formula is C28H26. The molecule has 0 aromatic heterocycles. The molecule has 0 saturated heterocycles. The van der Waals surface area contributed by atoms with E-state index in [0.717, 1.165) is 0 Å². The smallest absolute Gasteiger partial charge is 0.00731 e. The Hall–Kier alpha value is -3.12. The van der Waals surface area contributed by atoms with Crippen LogP contribution < -0.4 is 10.4 Å². The van der Waals surface area contributed by atoms with Crippen molar-refractivity contribution in [2.45, 2.75) is 27.7 Å². The van der Waals surface area contributed by atoms with Crippen LogP contribution in [0, 0.1) is 13.8 Å². The second-order valence-electron chi connectivity index (χ2n) is 7.57. The highest BCUT2D eigenvalue weighted by atomic mass is 14.1. The number of allylic oxidation sites excluding steroid dienone is 1. The maximum atomic E-state index is 4.01. The van der Waals surface area contributed by atoms with Gasteiger partial charge in [0.25, 0.3) is 0 Å². The number of hydrogen-bond acceptors (Lipinski definition) is 0. The molecule has 0 aliphatic heterocycles. The molecule has 0 amide bonds. The van der Waals surface area contributed by atoms with Crippen molar-refractivity contribution in [3.05, 3.63) is 94.9 Å². The van der Waals surface area contributed by atoms with Gasteiger partial charge in [-0.3, -0.25) is 0 Å². The lowest BCUT2D eigenvalue weighted by Crippen LogP contribution is -2.27. The summed E-state index contributed by atoms with van der Waals surface area (Å²) in [4.78, 5) is 0. The van der Waals surface area contributed by atoms with E-state index in [0.29, 0.717) is 0 Å². The van der Waals surface area contributed by atoms with Crippen LogP contribution in [0.2, 0.25) is 0 Å². The number of rotatable bonds is 2. The molecule has 4 rings (SSSR count). The molecule has 0 aliphatic rings. The van der Waals surface area contributed by atoms with Crippen LogP contribution in [-0.4, -0.2) is 0 Å². The molecule has 0 heterocycles. The van der Waals surface area contributed by atoms with Crippen molar-refractivity contribution < 1.29 is 0 Å². The zero-order valence-electron chi connectivity index (χ0n) is 17.1. The molecule has 0 fully saturated rings. The average Bonchev–Trinajstić information content (AvgIpc) is 2.72. The summed E-state index contributed by atoms with van der Waals surface area (Å²) in [5.74, 6) is 0. The molecule has 0 atom stereocenters. The van der Waals surface area contributed by atoms with Gasteiger partial charge in [-0.1, -0.05) is 73.3 Å². The summed E-state index contributed by atoms with van der Waals surface area (Å²) < 4.78 is 0. The molecule has 0 nitrogen and oxygen atoms in total. The fourth-order valence-corrected chi connectivity index (χ4v) is 4.32. The second-order valence-corrected chi connectivity index (χ2v) is 7.57. The standard InChI is InChI=1S/C28H26/c1-6-18(3)27-21(7-2)13-14-22-17-23(16-20(5)28(22)27)25-15-12-19(4)24-10-8-9-11-26(24)25/h6-17H,1H2,2-5H3/b21-7-,27-18+. The molecule has 0 heteroatoms. The first-order valence-electron chi connectivity index (χ1n) is 9.87. The maximum absolute atomic E-state index is 4.01. The van der Waals surface area contributed by atoms with Gasteiger partial charge in [-0.15, -0.1) is 0 Å². The van der Waals surface area contributed by atoms with Crippen molar-refractivity contribution in [2.24, 2.45) is 0 Å². The summed E-state index contributed by atoms with van der Waals surface area (Å²) in [5.41, 5.74) is 6.41. The number of fused-ring (bicyclic) bond motifs is 2. The Morgan fingerprint density at radius 1 is 0.857 bits per heavy atom. The van der Waals surface area contributed by atoms with Gasteiger partial charge in [0.05, 0.1) is 0 Å². The molecule has 28 heavy (non-hydrogen) atoms. The lowest BCUT2D eigenvalue weighted by Gasteiger charge is -2.13. The van der Waals surface area contributed by atoms with Crippen molar-refractivity contribution in [3.63, 3.8) is 0 Å². The summed E-state index contributed by atoms with van der Waals surface area (Å²) in [6.45, 7) is 12.7. The third kappa shape index (κ3) is 2.86. The fourth-order valence-electron chi connectivity index (χ4n) is 4.32. The third-order valence-electron chi connectivity index (χ3n) is 5.81. The summed E-state index contributed by atoms with van der Waals surface area (Å²) in [7, 11) is 0. The topological polar surface area (TPSA) is 0 Å². The maximum Gasteiger partial charge on any atom is -0.00731 e. The van der Waals surface area contributed by atoms with E-state index in [1.807, 2.05) is 6.08 Å². The highest BCUT2D eigenvalue weighted by Crippen LogP contribution is 2.33. The first-order chi connectivity index (χ1) is 13.5. The van der Waals surface area contributed by atoms with Crippen LogP contribution in [-0.2, 0) is 0 Å². The van der Waals surface area contributed by atoms with Crippen LogP contribution in [0.1, 0.15) is 25.0 Å². The Kier molecular flexibility index (Phi) is 4.65. The normalized spacial score (nSPS) is 13.2. The van der Waals surface area contributed by atoms with Crippen molar-refractivity contribution in [3.8, 4) is 11.1 Å². The van der Waals surface area contributed by atoms with Gasteiger partial charge in [-0.25, -0.2) is 0 Å². The van der Waals surface area contributed by atoms with Gasteiger partial charge in [0.15, 0.2) is 0 Å². The average molecular weight is 363 g/mol. The molecule has 4 aromatic carbocycles. The lowest BCUT2D eigenvalue weighted by atomic mass is 9.91. The Morgan fingerprint density at radius 3 is 2.32 bits per heavy atom. The highest BCUT2D eigenvalue weighted by molar-refractivity contribution is 6.01. The molecule has 138 valence electrons. The summed E-state index contributed by atoms with van der Waals surface area (Å²) in [6, 6.07) is 22.3. The molecule has 0 aliphatic carbocycles. The Balaban J connectivity index is 2.12. The molecule has 4 aromatic rings. The van der Waals surface area contributed by atoms with Gasteiger partial charge < -0.3 is 0 Å². The molecule has 0 saturated carbocycles. The van der Waals surface area contributed by atoms with Crippen LogP contribution in [0.3, 0.4) is 0 Å². The predicted molar refractivity (Wildman–Crippen MR) is 125 cm³/mol. The number of hydrogen-bond donors (Lipinski definition) is 0. The van der Waals surface area contributed by atoms with E-state index in [-0.39, 0.29) is 0 Å². The monoisotopic (exact) mass is 362 g/mol. The van der Waals surface area contributed by atoms with E-state index < -0.39 is 0 Å². The SMILES string of the molecule is C=C/C(C)=c1\c(=C/C)ccc2cc(-c3ccc(C)c4ccccc34)cc(C)c12. The van der Waals surface area contributed by atoms with Gasteiger partial charge in [0.1, 0.15) is 0 Å². The van der Waals surface area contributed by atoms with Crippen LogP contribution in [0.25, 0.3) is 44.3 Å². The van der Waals surface area contributed by atoms with Gasteiger partial charge in [0.2, 0.25) is 0 Å². The van der Waals surface area contributed by atoms with Crippen LogP contribution >= 0.6 is 0 Å². The van der Waals surface area contributed by atoms with E-state index in [2.05, 4.69) is 101 Å². The summed E-state index contributed by atoms with van der Waals surface area (Å²) in [6.07, 6.45) is 4.14. The molecule has 0 radical (unpaired) electrons. The molecule has 0 bridgehead atoms. The van der Waals surface area contributed by atoms with Gasteiger partial charge in [-0.2, -0.15) is 0 Å². The minimum Gasteiger partial charge on any atom is -0.0988 e. The van der Waals surface area contributed by atoms with Crippen LogP contribution in [0.5, 0.6) is 0 Å². The van der Waals surface area contributed by atoms with E-state index in [4.69, 9.17) is 0 Å². The Labute approximate surface area is 167 Å². The van der Waals surface area contributed by atoms with Crippen molar-refractivity contribution in [1.29, 1.82) is 0 Å². The van der Waals surface area contributed by atoms with E-state index >= 15 is 0 Å². The zero-order chi connectivity index (χ0) is 19.8. The van der Waals surface area contributed by atoms with Crippen molar-refractivity contribution in [2.75, 3.05) is 0 Å². The Morgan fingerprint density at radius 2 is 1.61 bits per heavy atom. The van der Waals surface area contributed by atoms with Crippen LogP contribution in [0.15, 0.2) is 73.3 Å². The molecule has 0 unspecified atom stereocenters. The zero-order valence-corrected chi connectivity index (χ0v) is 17.1. The first kappa shape index (κ1) is 18.3. The largest absolute Gasteiger partial charge is 0.0988 e. The van der Waals surface area contributed by atoms with Gasteiger partial charge in [0, 0.05) is 0 Å². The summed E-state index contributed by atoms with van der Waals surface area (Å²) >= 11 is 0. The van der Waals surface area contributed by atoms with Crippen LogP contribution in [0.4, 0.5) is 0 Å². The van der Waals surface area contributed by atoms with E-state index in [1.54, 1.807) is 0 Å². The fraction of sp³-hybridized carbons (Fsp3) is 0.143. The summed E-state index contributed by atoms with van der Waals surface area (Å²) in [5, 5.41) is 7.81. The Bertz CT molecular complexity index is 1350. The molecule has 0 spiro atoms. The minimum absolute atomic E-state index is 1.22. The second kappa shape index (κ2) is 7.13. The molecular weight excluding hydrogens is 336 g/mol. The minimum atomic E-state index is 1.22. The quantitative estimate of drug-likeness (QED) is 0.385. The highest BCUT2D eigenvalue weighted by Gasteiger charge is 2.10. The predicted octanol–water partition coefficient (Wildman–Crippen LogP) is 6.43. The van der Waals surface area contributed by atoms with Crippen molar-refractivity contribution >= 4 is 33.2 Å². The van der Waals surface area contributed by atoms with E-state index in [1.165, 1.54) is 59.8 Å². The van der Waals surface area contributed by atoms with E-state index in [9.17, 15) is 0 Å². The first-order valence-corrected chi connectivity index (χ1v) is 9.87. The van der Waals surface area contributed by atoms with Crippen molar-refractivity contribution in [1.82, 2.24) is 0 Å². The third-order valence-corrected chi connectivity index (χ3v) is 5.81. The molecule has 0 N–H and O–H groups in total. The number of aryl methyl sites for hydroxylation is 2. The lowest BCUT2D eigenvalue weighted by molar-refractivity contribution is 1.45. The number of benzene rings is 4. The van der Waals surface area contributed by atoms with Gasteiger partial charge in [-0.05, 0) is 93.6 Å². The van der Waals surface area contributed by atoms with Gasteiger partial charge >= 0.3 is 0 Å².